The molecule has 0 amide bonds. The van der Waals surface area contributed by atoms with E-state index in [4.69, 9.17) is 9.47 Å². The molecule has 0 aliphatic carbocycles. The Labute approximate surface area is 155 Å². The second-order valence-electron chi connectivity index (χ2n) is 5.74. The summed E-state index contributed by atoms with van der Waals surface area (Å²) in [5.74, 6) is 1.06. The van der Waals surface area contributed by atoms with Crippen molar-refractivity contribution >= 4 is 17.0 Å². The lowest BCUT2D eigenvalue weighted by Gasteiger charge is -2.07. The third-order valence-electron chi connectivity index (χ3n) is 3.94. The van der Waals surface area contributed by atoms with Gasteiger partial charge in [0.05, 0.1) is 11.1 Å². The quantitative estimate of drug-likeness (QED) is 0.397. The molecule has 0 unspecified atom stereocenters. The molecule has 0 aliphatic rings. The largest absolute Gasteiger partial charge is 0.439 e. The fourth-order valence-electron chi connectivity index (χ4n) is 2.60. The van der Waals surface area contributed by atoms with Crippen LogP contribution in [0.5, 0.6) is 17.4 Å². The molecule has 4 rings (SSSR count). The molecule has 134 valence electrons. The zero-order valence-electron chi connectivity index (χ0n) is 14.6. The average Bonchev–Trinajstić information content (AvgIpc) is 3.12. The number of benzene rings is 2. The van der Waals surface area contributed by atoms with Gasteiger partial charge in [-0.3, -0.25) is 0 Å². The van der Waals surface area contributed by atoms with E-state index in [1.54, 1.807) is 53.3 Å². The molecule has 0 atom stereocenters. The van der Waals surface area contributed by atoms with Crippen molar-refractivity contribution in [1.82, 2.24) is 20.0 Å². The van der Waals surface area contributed by atoms with Gasteiger partial charge in [-0.25, -0.2) is 14.5 Å². The summed E-state index contributed by atoms with van der Waals surface area (Å²) < 4.78 is 12.8. The smallest absolute Gasteiger partial charge is 0.343 e. The maximum Gasteiger partial charge on any atom is 0.343 e. The van der Waals surface area contributed by atoms with Crippen molar-refractivity contribution in [3.05, 3.63) is 72.4 Å². The number of hydrogen-bond acceptors (Lipinski definition) is 6. The molecule has 7 heteroatoms. The van der Waals surface area contributed by atoms with Crippen LogP contribution in [0.4, 0.5) is 0 Å². The van der Waals surface area contributed by atoms with E-state index >= 15 is 0 Å². The lowest BCUT2D eigenvalue weighted by atomic mass is 10.2. The molecule has 27 heavy (non-hydrogen) atoms. The Balaban J connectivity index is 1.46. The highest BCUT2D eigenvalue weighted by Crippen LogP contribution is 2.23. The topological polar surface area (TPSA) is 79.1 Å². The number of rotatable bonds is 5. The molecule has 0 saturated heterocycles. The van der Waals surface area contributed by atoms with Crippen LogP contribution in [0.25, 0.3) is 11.0 Å². The molecule has 0 N–H and O–H groups in total. The highest BCUT2D eigenvalue weighted by molar-refractivity contribution is 5.94. The Morgan fingerprint density at radius 2 is 1.85 bits per heavy atom. The second kappa shape index (κ2) is 7.25. The lowest BCUT2D eigenvalue weighted by Crippen LogP contribution is -2.08. The minimum atomic E-state index is -0.457. The Morgan fingerprint density at radius 3 is 2.59 bits per heavy atom. The standard InChI is InChI=1S/C20H16N4O3/c1-2-24-18-11-6-14(13-17(18)22-23-24)20(25)27-16-9-7-15(8-10-16)26-19-5-3-4-12-21-19/h3-13H,2H2,1H3. The molecule has 0 saturated carbocycles. The number of ether oxygens (including phenoxy) is 2. The molecule has 2 heterocycles. The first-order valence-corrected chi connectivity index (χ1v) is 8.47. The normalized spacial score (nSPS) is 10.7. The molecule has 2 aromatic carbocycles. The van der Waals surface area contributed by atoms with Crippen LogP contribution in [-0.2, 0) is 6.54 Å². The Kier molecular flexibility index (Phi) is 4.49. The summed E-state index contributed by atoms with van der Waals surface area (Å²) in [7, 11) is 0. The average molecular weight is 360 g/mol. The van der Waals surface area contributed by atoms with E-state index in [0.717, 1.165) is 5.52 Å². The Bertz CT molecular complexity index is 1080. The monoisotopic (exact) mass is 360 g/mol. The maximum absolute atomic E-state index is 12.4. The summed E-state index contributed by atoms with van der Waals surface area (Å²) in [4.78, 5) is 16.5. The number of esters is 1. The van der Waals surface area contributed by atoms with E-state index in [1.807, 2.05) is 25.1 Å². The van der Waals surface area contributed by atoms with Gasteiger partial charge in [0, 0.05) is 18.8 Å². The predicted molar refractivity (Wildman–Crippen MR) is 98.9 cm³/mol. The number of aromatic nitrogens is 4. The lowest BCUT2D eigenvalue weighted by molar-refractivity contribution is 0.0735. The van der Waals surface area contributed by atoms with Crippen molar-refractivity contribution in [3.8, 4) is 17.4 Å². The highest BCUT2D eigenvalue weighted by atomic mass is 16.5. The van der Waals surface area contributed by atoms with Crippen LogP contribution in [0.15, 0.2) is 66.9 Å². The summed E-state index contributed by atoms with van der Waals surface area (Å²) in [5.41, 5.74) is 1.95. The van der Waals surface area contributed by atoms with Crippen LogP contribution in [0.3, 0.4) is 0 Å². The molecule has 0 bridgehead atoms. The van der Waals surface area contributed by atoms with Gasteiger partial charge in [-0.15, -0.1) is 5.10 Å². The van der Waals surface area contributed by atoms with Crippen molar-refractivity contribution in [1.29, 1.82) is 0 Å². The fraction of sp³-hybridized carbons (Fsp3) is 0.100. The first-order chi connectivity index (χ1) is 13.2. The van der Waals surface area contributed by atoms with Crippen LogP contribution in [-0.4, -0.2) is 25.9 Å². The van der Waals surface area contributed by atoms with Crippen LogP contribution in [0, 0.1) is 0 Å². The van der Waals surface area contributed by atoms with Crippen LogP contribution >= 0.6 is 0 Å². The summed E-state index contributed by atoms with van der Waals surface area (Å²) in [6, 6.07) is 17.4. The van der Waals surface area contributed by atoms with Gasteiger partial charge >= 0.3 is 5.97 Å². The van der Waals surface area contributed by atoms with Crippen LogP contribution < -0.4 is 9.47 Å². The molecule has 2 aromatic heterocycles. The SMILES string of the molecule is CCn1nnc2cc(C(=O)Oc3ccc(Oc4ccccn4)cc3)ccc21. The first kappa shape index (κ1) is 16.7. The van der Waals surface area contributed by atoms with Crippen molar-refractivity contribution in [2.75, 3.05) is 0 Å². The molecule has 0 aliphatic heterocycles. The summed E-state index contributed by atoms with van der Waals surface area (Å²) >= 11 is 0. The van der Waals surface area contributed by atoms with E-state index in [1.165, 1.54) is 0 Å². The minimum absolute atomic E-state index is 0.416. The van der Waals surface area contributed by atoms with Gasteiger partial charge in [-0.1, -0.05) is 11.3 Å². The predicted octanol–water partition coefficient (Wildman–Crippen LogP) is 3.86. The summed E-state index contributed by atoms with van der Waals surface area (Å²) in [6.07, 6.45) is 1.65. The van der Waals surface area contributed by atoms with Crippen molar-refractivity contribution in [2.24, 2.45) is 0 Å². The van der Waals surface area contributed by atoms with Crippen molar-refractivity contribution < 1.29 is 14.3 Å². The molecule has 4 aromatic rings. The second-order valence-corrected chi connectivity index (χ2v) is 5.74. The van der Waals surface area contributed by atoms with Crippen molar-refractivity contribution in [2.45, 2.75) is 13.5 Å². The Morgan fingerprint density at radius 1 is 1.04 bits per heavy atom. The zero-order valence-corrected chi connectivity index (χ0v) is 14.6. The van der Waals surface area contributed by atoms with Crippen LogP contribution in [0.2, 0.25) is 0 Å². The van der Waals surface area contributed by atoms with E-state index in [9.17, 15) is 4.79 Å². The molecular weight excluding hydrogens is 344 g/mol. The van der Waals surface area contributed by atoms with Gasteiger partial charge in [-0.2, -0.15) is 0 Å². The van der Waals surface area contributed by atoms with Gasteiger partial charge in [0.25, 0.3) is 0 Å². The number of nitrogens with zero attached hydrogens (tertiary/aromatic N) is 4. The summed E-state index contributed by atoms with van der Waals surface area (Å²) in [5, 5.41) is 8.11. The third kappa shape index (κ3) is 3.62. The fourth-order valence-corrected chi connectivity index (χ4v) is 2.60. The zero-order chi connectivity index (χ0) is 18.6. The number of carbonyl (C=O) groups excluding carboxylic acids is 1. The number of hydrogen-bond donors (Lipinski definition) is 0. The molecular formula is C20H16N4O3. The van der Waals surface area contributed by atoms with Crippen LogP contribution in [0.1, 0.15) is 17.3 Å². The van der Waals surface area contributed by atoms with E-state index < -0.39 is 5.97 Å². The Hall–Kier alpha value is -3.74. The number of fused-ring (bicyclic) bond motifs is 1. The molecule has 0 spiro atoms. The van der Waals surface area contributed by atoms with Crippen molar-refractivity contribution in [3.63, 3.8) is 0 Å². The number of pyridine rings is 1. The van der Waals surface area contributed by atoms with Gasteiger partial charge < -0.3 is 9.47 Å². The van der Waals surface area contributed by atoms with Gasteiger partial charge in [0.15, 0.2) is 0 Å². The van der Waals surface area contributed by atoms with Gasteiger partial charge in [0.2, 0.25) is 5.88 Å². The molecule has 7 nitrogen and oxygen atoms in total. The third-order valence-corrected chi connectivity index (χ3v) is 3.94. The first-order valence-electron chi connectivity index (χ1n) is 8.47. The number of carbonyl (C=O) groups is 1. The maximum atomic E-state index is 12.4. The van der Waals surface area contributed by atoms with E-state index in [0.29, 0.717) is 35.0 Å². The number of aryl methyl sites for hydroxylation is 1. The van der Waals surface area contributed by atoms with E-state index in [2.05, 4.69) is 15.3 Å². The molecule has 0 radical (unpaired) electrons. The highest BCUT2D eigenvalue weighted by Gasteiger charge is 2.12. The minimum Gasteiger partial charge on any atom is -0.439 e. The van der Waals surface area contributed by atoms with Gasteiger partial charge in [-0.05, 0) is 55.5 Å². The summed E-state index contributed by atoms with van der Waals surface area (Å²) in [6.45, 7) is 2.70. The van der Waals surface area contributed by atoms with Gasteiger partial charge in [0.1, 0.15) is 17.0 Å². The van der Waals surface area contributed by atoms with E-state index in [-0.39, 0.29) is 0 Å². The molecule has 0 fully saturated rings.